The van der Waals surface area contributed by atoms with E-state index >= 15 is 0 Å². The number of amides is 1. The summed E-state index contributed by atoms with van der Waals surface area (Å²) in [5.74, 6) is 0.337. The third kappa shape index (κ3) is 4.90. The van der Waals surface area contributed by atoms with Gasteiger partial charge in [0.2, 0.25) is 5.91 Å². The minimum Gasteiger partial charge on any atom is -0.484 e. The smallest absolute Gasteiger partial charge is 0.261 e. The van der Waals surface area contributed by atoms with Gasteiger partial charge in [-0.15, -0.1) is 0 Å². The summed E-state index contributed by atoms with van der Waals surface area (Å²) in [5, 5.41) is 0. The van der Waals surface area contributed by atoms with Crippen molar-refractivity contribution in [1.82, 2.24) is 0 Å². The van der Waals surface area contributed by atoms with Gasteiger partial charge in [0.1, 0.15) is 11.4 Å². The number of hydrogen-bond acceptors (Lipinski definition) is 4. The number of nitrogens with zero attached hydrogens (tertiary/aromatic N) is 1. The number of carbonyl (C=O) groups excluding carboxylic acids is 1. The molecular formula is C22H28N2O4S. The topological polar surface area (TPSA) is 75.7 Å². The van der Waals surface area contributed by atoms with Crippen LogP contribution in [0.3, 0.4) is 0 Å². The number of sulfonamides is 1. The first kappa shape index (κ1) is 21.2. The molecule has 2 aromatic carbocycles. The number of carbonyl (C=O) groups is 1. The Morgan fingerprint density at radius 3 is 2.48 bits per heavy atom. The van der Waals surface area contributed by atoms with Crippen LogP contribution in [0, 0.1) is 0 Å². The first-order valence-electron chi connectivity index (χ1n) is 9.84. The molecule has 0 unspecified atom stereocenters. The molecule has 1 heterocycles. The molecular weight excluding hydrogens is 388 g/mol. The number of fused-ring (bicyclic) bond motifs is 1. The van der Waals surface area contributed by atoms with E-state index in [0.29, 0.717) is 23.7 Å². The van der Waals surface area contributed by atoms with Crippen LogP contribution in [0.15, 0.2) is 47.4 Å². The Balaban J connectivity index is 1.86. The molecule has 0 fully saturated rings. The van der Waals surface area contributed by atoms with E-state index in [9.17, 15) is 13.2 Å². The highest BCUT2D eigenvalue weighted by molar-refractivity contribution is 7.92. The molecule has 1 amide bonds. The Hall–Kier alpha value is -2.54. The maximum atomic E-state index is 12.9. The van der Waals surface area contributed by atoms with Crippen LogP contribution in [0.1, 0.15) is 46.1 Å². The van der Waals surface area contributed by atoms with E-state index in [0.717, 1.165) is 19.3 Å². The molecule has 156 valence electrons. The number of nitrogens with one attached hydrogen (secondary N) is 1. The Morgan fingerprint density at radius 2 is 1.86 bits per heavy atom. The average molecular weight is 417 g/mol. The van der Waals surface area contributed by atoms with Gasteiger partial charge in [0, 0.05) is 12.6 Å². The van der Waals surface area contributed by atoms with Crippen LogP contribution in [-0.4, -0.2) is 26.5 Å². The lowest BCUT2D eigenvalue weighted by atomic mass is 10.1. The van der Waals surface area contributed by atoms with E-state index in [1.807, 2.05) is 26.0 Å². The Bertz CT molecular complexity index is 998. The first-order valence-corrected chi connectivity index (χ1v) is 11.3. The van der Waals surface area contributed by atoms with Crippen molar-refractivity contribution in [2.24, 2.45) is 0 Å². The first-order chi connectivity index (χ1) is 13.6. The van der Waals surface area contributed by atoms with Gasteiger partial charge in [-0.1, -0.05) is 25.5 Å². The SMILES string of the molecule is CCCCc1ccc(NS(=O)(=O)c2ccc3c(c2)N(C(C)=O)CC(C)(C)O3)cc1. The Kier molecular flexibility index (Phi) is 5.89. The molecule has 1 aliphatic rings. The number of unbranched alkanes of at least 4 members (excludes halogenated alkanes) is 1. The molecule has 0 atom stereocenters. The minimum atomic E-state index is -3.80. The van der Waals surface area contributed by atoms with E-state index in [2.05, 4.69) is 11.6 Å². The summed E-state index contributed by atoms with van der Waals surface area (Å²) in [4.78, 5) is 13.8. The fourth-order valence-corrected chi connectivity index (χ4v) is 4.45. The molecule has 7 heteroatoms. The molecule has 0 bridgehead atoms. The molecule has 0 spiro atoms. The zero-order valence-corrected chi connectivity index (χ0v) is 18.2. The summed E-state index contributed by atoms with van der Waals surface area (Å²) in [7, 11) is -3.80. The van der Waals surface area contributed by atoms with Crippen molar-refractivity contribution in [3.63, 3.8) is 0 Å². The van der Waals surface area contributed by atoms with Crippen LogP contribution in [0.25, 0.3) is 0 Å². The van der Waals surface area contributed by atoms with E-state index in [1.54, 1.807) is 23.1 Å². The number of rotatable bonds is 6. The van der Waals surface area contributed by atoms with Crippen molar-refractivity contribution in [2.45, 2.75) is 57.5 Å². The molecule has 29 heavy (non-hydrogen) atoms. The van der Waals surface area contributed by atoms with Gasteiger partial charge >= 0.3 is 0 Å². The largest absolute Gasteiger partial charge is 0.484 e. The van der Waals surface area contributed by atoms with Gasteiger partial charge in [-0.2, -0.15) is 0 Å². The molecule has 0 aliphatic carbocycles. The second-order valence-corrected chi connectivity index (χ2v) is 9.68. The van der Waals surface area contributed by atoms with Crippen LogP contribution in [0.5, 0.6) is 5.75 Å². The number of aryl methyl sites for hydroxylation is 1. The van der Waals surface area contributed by atoms with Crippen molar-refractivity contribution in [3.8, 4) is 5.75 Å². The highest BCUT2D eigenvalue weighted by atomic mass is 32.2. The number of benzene rings is 2. The second kappa shape index (κ2) is 8.06. The van der Waals surface area contributed by atoms with Crippen molar-refractivity contribution in [3.05, 3.63) is 48.0 Å². The Morgan fingerprint density at radius 1 is 1.17 bits per heavy atom. The van der Waals surface area contributed by atoms with E-state index < -0.39 is 15.6 Å². The second-order valence-electron chi connectivity index (χ2n) is 8.00. The summed E-state index contributed by atoms with van der Waals surface area (Å²) < 4.78 is 34.3. The molecule has 2 aromatic rings. The highest BCUT2D eigenvalue weighted by Crippen LogP contribution is 2.38. The van der Waals surface area contributed by atoms with Crippen LogP contribution < -0.4 is 14.4 Å². The maximum absolute atomic E-state index is 12.9. The third-order valence-electron chi connectivity index (χ3n) is 4.86. The zero-order valence-electron chi connectivity index (χ0n) is 17.4. The maximum Gasteiger partial charge on any atom is 0.261 e. The summed E-state index contributed by atoms with van der Waals surface area (Å²) in [5.41, 5.74) is 1.61. The van der Waals surface area contributed by atoms with Gasteiger partial charge in [0.25, 0.3) is 10.0 Å². The Labute approximate surface area is 172 Å². The molecule has 3 rings (SSSR count). The quantitative estimate of drug-likeness (QED) is 0.759. The zero-order chi connectivity index (χ0) is 21.2. The summed E-state index contributed by atoms with van der Waals surface area (Å²) >= 11 is 0. The number of hydrogen-bond donors (Lipinski definition) is 1. The number of ether oxygens (including phenoxy) is 1. The molecule has 6 nitrogen and oxygen atoms in total. The molecule has 0 saturated heterocycles. The fourth-order valence-electron chi connectivity index (χ4n) is 3.37. The van der Waals surface area contributed by atoms with Crippen molar-refractivity contribution in [2.75, 3.05) is 16.2 Å². The molecule has 0 saturated carbocycles. The summed E-state index contributed by atoms with van der Waals surface area (Å²) in [6, 6.07) is 12.0. The van der Waals surface area contributed by atoms with E-state index in [1.165, 1.54) is 24.6 Å². The van der Waals surface area contributed by atoms with E-state index in [4.69, 9.17) is 4.74 Å². The minimum absolute atomic E-state index is 0.0841. The third-order valence-corrected chi connectivity index (χ3v) is 6.24. The lowest BCUT2D eigenvalue weighted by Gasteiger charge is -2.39. The lowest BCUT2D eigenvalue weighted by molar-refractivity contribution is -0.117. The summed E-state index contributed by atoms with van der Waals surface area (Å²) in [6.45, 7) is 7.74. The monoisotopic (exact) mass is 416 g/mol. The van der Waals surface area contributed by atoms with Gasteiger partial charge in [-0.25, -0.2) is 8.42 Å². The molecule has 1 N–H and O–H groups in total. The molecule has 0 radical (unpaired) electrons. The van der Waals surface area contributed by atoms with Gasteiger partial charge in [-0.3, -0.25) is 9.52 Å². The number of anilines is 2. The van der Waals surface area contributed by atoms with Crippen LogP contribution >= 0.6 is 0 Å². The van der Waals surface area contributed by atoms with Gasteiger partial charge in [0.05, 0.1) is 17.1 Å². The van der Waals surface area contributed by atoms with Crippen molar-refractivity contribution in [1.29, 1.82) is 0 Å². The van der Waals surface area contributed by atoms with Crippen LogP contribution in [0.4, 0.5) is 11.4 Å². The normalized spacial score (nSPS) is 15.4. The lowest BCUT2D eigenvalue weighted by Crippen LogP contribution is -2.48. The van der Waals surface area contributed by atoms with Gasteiger partial charge in [0.15, 0.2) is 0 Å². The van der Waals surface area contributed by atoms with Crippen molar-refractivity contribution < 1.29 is 17.9 Å². The fraction of sp³-hybridized carbons (Fsp3) is 0.409. The average Bonchev–Trinajstić information content (AvgIpc) is 2.65. The van der Waals surface area contributed by atoms with Crippen molar-refractivity contribution >= 4 is 27.3 Å². The van der Waals surface area contributed by atoms with Gasteiger partial charge < -0.3 is 9.64 Å². The van der Waals surface area contributed by atoms with E-state index in [-0.39, 0.29) is 10.8 Å². The predicted octanol–water partition coefficient (Wildman–Crippen LogP) is 4.35. The van der Waals surface area contributed by atoms with Gasteiger partial charge in [-0.05, 0) is 62.6 Å². The molecule has 1 aliphatic heterocycles. The highest BCUT2D eigenvalue weighted by Gasteiger charge is 2.34. The summed E-state index contributed by atoms with van der Waals surface area (Å²) in [6.07, 6.45) is 3.20. The van der Waals surface area contributed by atoms with Crippen LogP contribution in [-0.2, 0) is 21.2 Å². The predicted molar refractivity (Wildman–Crippen MR) is 115 cm³/mol. The van der Waals surface area contributed by atoms with Crippen LogP contribution in [0.2, 0.25) is 0 Å². The molecule has 0 aromatic heterocycles. The standard InChI is InChI=1S/C22H28N2O4S/c1-5-6-7-17-8-10-18(11-9-17)23-29(26,27)19-12-13-21-20(14-19)24(16(2)25)15-22(3,4)28-21/h8-14,23H,5-7,15H2,1-4H3.